The van der Waals surface area contributed by atoms with Crippen LogP contribution in [0.3, 0.4) is 0 Å². The molecule has 0 spiro atoms. The molecule has 1 aromatic heterocycles. The van der Waals surface area contributed by atoms with E-state index in [1.807, 2.05) is 6.92 Å². The minimum atomic E-state index is -0.0170. The lowest BCUT2D eigenvalue weighted by atomic mass is 10.1. The molecule has 1 heterocycles. The zero-order valence-electron chi connectivity index (χ0n) is 7.60. The van der Waals surface area contributed by atoms with Crippen molar-refractivity contribution >= 4 is 17.4 Å². The van der Waals surface area contributed by atoms with Gasteiger partial charge in [-0.3, -0.25) is 9.78 Å². The zero-order valence-corrected chi connectivity index (χ0v) is 8.35. The fraction of sp³-hybridized carbons (Fsp3) is 0.333. The van der Waals surface area contributed by atoms with Crippen LogP contribution in [0.5, 0.6) is 0 Å². The number of nitrogens with one attached hydrogen (secondary N) is 1. The molecule has 0 unspecified atom stereocenters. The third kappa shape index (κ3) is 2.50. The van der Waals surface area contributed by atoms with Crippen molar-refractivity contribution in [3.05, 3.63) is 28.5 Å². The Morgan fingerprint density at radius 2 is 2.38 bits per heavy atom. The Bertz CT molecular complexity index is 325. The molecule has 13 heavy (non-hydrogen) atoms. The summed E-state index contributed by atoms with van der Waals surface area (Å²) < 4.78 is 0. The van der Waals surface area contributed by atoms with E-state index < -0.39 is 0 Å². The lowest BCUT2D eigenvalue weighted by molar-refractivity contribution is 0.0988. The van der Waals surface area contributed by atoms with Crippen LogP contribution in [-0.2, 0) is 0 Å². The van der Waals surface area contributed by atoms with Gasteiger partial charge < -0.3 is 5.32 Å². The first-order valence-electron chi connectivity index (χ1n) is 3.95. The number of hydrogen-bond donors (Lipinski definition) is 1. The number of nitrogens with zero attached hydrogens (tertiary/aromatic N) is 1. The summed E-state index contributed by atoms with van der Waals surface area (Å²) in [5, 5.41) is 3.34. The van der Waals surface area contributed by atoms with Crippen LogP contribution in [0.4, 0.5) is 0 Å². The molecule has 0 amide bonds. The molecule has 0 bridgehead atoms. The molecule has 0 aliphatic rings. The van der Waals surface area contributed by atoms with Crippen LogP contribution in [0.25, 0.3) is 0 Å². The second-order valence-electron chi connectivity index (χ2n) is 2.77. The topological polar surface area (TPSA) is 42.0 Å². The summed E-state index contributed by atoms with van der Waals surface area (Å²) in [7, 11) is 1.73. The lowest BCUT2D eigenvalue weighted by Crippen LogP contribution is -2.20. The summed E-state index contributed by atoms with van der Waals surface area (Å²) in [5.74, 6) is -0.0170. The normalized spacial score (nSPS) is 10.1. The molecular weight excluding hydrogens is 188 g/mol. The minimum Gasteiger partial charge on any atom is -0.313 e. The molecule has 3 nitrogen and oxygen atoms in total. The van der Waals surface area contributed by atoms with Crippen molar-refractivity contribution in [2.24, 2.45) is 0 Å². The Balaban J connectivity index is 2.95. The Morgan fingerprint density at radius 3 is 2.92 bits per heavy atom. The monoisotopic (exact) mass is 198 g/mol. The van der Waals surface area contributed by atoms with Crippen LogP contribution >= 0.6 is 11.6 Å². The second kappa shape index (κ2) is 4.35. The van der Waals surface area contributed by atoms with Crippen molar-refractivity contribution < 1.29 is 4.79 Å². The van der Waals surface area contributed by atoms with Gasteiger partial charge in [-0.25, -0.2) is 0 Å². The zero-order chi connectivity index (χ0) is 9.84. The molecule has 1 N–H and O–H groups in total. The number of aromatic nitrogens is 1. The van der Waals surface area contributed by atoms with E-state index >= 15 is 0 Å². The number of carbonyl (C=O) groups is 1. The lowest BCUT2D eigenvalue weighted by Gasteiger charge is -2.02. The van der Waals surface area contributed by atoms with Crippen molar-refractivity contribution in [1.29, 1.82) is 0 Å². The summed E-state index contributed by atoms with van der Waals surface area (Å²) in [6, 6.07) is 1.73. The average Bonchev–Trinajstić information content (AvgIpc) is 2.04. The number of ketones is 1. The number of Topliss-reactive ketones (excluding diaryl/α,β-unsaturated/α-hetero) is 1. The second-order valence-corrected chi connectivity index (χ2v) is 3.21. The minimum absolute atomic E-state index is 0.0170. The van der Waals surface area contributed by atoms with Crippen LogP contribution < -0.4 is 5.32 Å². The van der Waals surface area contributed by atoms with Crippen molar-refractivity contribution in [1.82, 2.24) is 10.3 Å². The van der Waals surface area contributed by atoms with Crippen LogP contribution in [0.15, 0.2) is 12.3 Å². The van der Waals surface area contributed by atoms with E-state index in [0.29, 0.717) is 17.3 Å². The highest BCUT2D eigenvalue weighted by atomic mass is 35.5. The number of halogens is 1. The SMILES string of the molecule is CNCC(=O)c1ncc(Cl)cc1C. The average molecular weight is 199 g/mol. The Kier molecular flexibility index (Phi) is 3.39. The van der Waals surface area contributed by atoms with Gasteiger partial charge in [-0.15, -0.1) is 0 Å². The van der Waals surface area contributed by atoms with Crippen LogP contribution in [-0.4, -0.2) is 24.4 Å². The summed E-state index contributed by atoms with van der Waals surface area (Å²) in [4.78, 5) is 15.4. The third-order valence-electron chi connectivity index (χ3n) is 1.65. The summed E-state index contributed by atoms with van der Waals surface area (Å²) in [5.41, 5.74) is 1.30. The van der Waals surface area contributed by atoms with Gasteiger partial charge >= 0.3 is 0 Å². The highest BCUT2D eigenvalue weighted by Gasteiger charge is 2.09. The molecule has 0 radical (unpaired) electrons. The Morgan fingerprint density at radius 1 is 1.69 bits per heavy atom. The molecule has 0 saturated heterocycles. The summed E-state index contributed by atoms with van der Waals surface area (Å²) in [6.07, 6.45) is 1.48. The number of rotatable bonds is 3. The van der Waals surface area contributed by atoms with Crippen LogP contribution in [0, 0.1) is 6.92 Å². The largest absolute Gasteiger partial charge is 0.313 e. The standard InChI is InChI=1S/C9H11ClN2O/c1-6-3-7(10)4-12-9(6)8(13)5-11-2/h3-4,11H,5H2,1-2H3. The first-order chi connectivity index (χ1) is 6.15. The molecule has 0 fully saturated rings. The fourth-order valence-corrected chi connectivity index (χ4v) is 1.29. The molecule has 0 aliphatic heterocycles. The molecule has 0 atom stereocenters. The molecular formula is C9H11ClN2O. The number of carbonyl (C=O) groups excluding carboxylic acids is 1. The van der Waals surface area contributed by atoms with Gasteiger partial charge in [0.05, 0.1) is 11.6 Å². The smallest absolute Gasteiger partial charge is 0.195 e. The first kappa shape index (κ1) is 10.2. The predicted octanol–water partition coefficient (Wildman–Crippen LogP) is 1.45. The number of aryl methyl sites for hydroxylation is 1. The molecule has 1 rings (SSSR count). The third-order valence-corrected chi connectivity index (χ3v) is 1.85. The van der Waals surface area contributed by atoms with Crippen molar-refractivity contribution in [3.63, 3.8) is 0 Å². The number of pyridine rings is 1. The molecule has 70 valence electrons. The molecule has 1 aromatic rings. The molecule has 0 saturated carbocycles. The Labute approximate surface area is 82.1 Å². The van der Waals surface area contributed by atoms with E-state index in [9.17, 15) is 4.79 Å². The van der Waals surface area contributed by atoms with Gasteiger partial charge in [0.15, 0.2) is 5.78 Å². The van der Waals surface area contributed by atoms with Gasteiger partial charge in [0.2, 0.25) is 0 Å². The van der Waals surface area contributed by atoms with E-state index in [1.165, 1.54) is 6.20 Å². The van der Waals surface area contributed by atoms with E-state index in [2.05, 4.69) is 10.3 Å². The quantitative estimate of drug-likeness (QED) is 0.748. The van der Waals surface area contributed by atoms with E-state index in [1.54, 1.807) is 13.1 Å². The van der Waals surface area contributed by atoms with Crippen molar-refractivity contribution in [2.75, 3.05) is 13.6 Å². The maximum Gasteiger partial charge on any atom is 0.195 e. The van der Waals surface area contributed by atoms with Gasteiger partial charge in [-0.1, -0.05) is 11.6 Å². The molecule has 0 aromatic carbocycles. The highest BCUT2D eigenvalue weighted by molar-refractivity contribution is 6.30. The maximum atomic E-state index is 11.4. The predicted molar refractivity (Wildman–Crippen MR) is 52.2 cm³/mol. The first-order valence-corrected chi connectivity index (χ1v) is 4.33. The van der Waals surface area contributed by atoms with Crippen molar-refractivity contribution in [3.8, 4) is 0 Å². The maximum absolute atomic E-state index is 11.4. The van der Waals surface area contributed by atoms with E-state index in [-0.39, 0.29) is 5.78 Å². The van der Waals surface area contributed by atoms with E-state index in [4.69, 9.17) is 11.6 Å². The van der Waals surface area contributed by atoms with E-state index in [0.717, 1.165) is 5.56 Å². The van der Waals surface area contributed by atoms with Gasteiger partial charge in [-0.2, -0.15) is 0 Å². The highest BCUT2D eigenvalue weighted by Crippen LogP contribution is 2.12. The summed E-state index contributed by atoms with van der Waals surface area (Å²) >= 11 is 5.71. The van der Waals surface area contributed by atoms with Gasteiger partial charge in [0, 0.05) is 6.20 Å². The fourth-order valence-electron chi connectivity index (χ4n) is 1.08. The van der Waals surface area contributed by atoms with Crippen molar-refractivity contribution in [2.45, 2.75) is 6.92 Å². The van der Waals surface area contributed by atoms with Gasteiger partial charge in [0.25, 0.3) is 0 Å². The van der Waals surface area contributed by atoms with Gasteiger partial charge in [0.1, 0.15) is 5.69 Å². The molecule has 4 heteroatoms. The molecule has 0 aliphatic carbocycles. The number of hydrogen-bond acceptors (Lipinski definition) is 3. The summed E-state index contributed by atoms with van der Waals surface area (Å²) in [6.45, 7) is 2.12. The number of likely N-dealkylation sites (N-methyl/N-ethyl adjacent to an activating group) is 1. The Hall–Kier alpha value is -0.930. The van der Waals surface area contributed by atoms with Crippen LogP contribution in [0.1, 0.15) is 16.1 Å². The van der Waals surface area contributed by atoms with Gasteiger partial charge in [-0.05, 0) is 25.6 Å². The van der Waals surface area contributed by atoms with Crippen LogP contribution in [0.2, 0.25) is 5.02 Å².